The van der Waals surface area contributed by atoms with Crippen LogP contribution in [-0.2, 0) is 6.61 Å². The normalized spacial score (nSPS) is 11.5. The van der Waals surface area contributed by atoms with Crippen molar-refractivity contribution in [2.75, 3.05) is 6.61 Å². The lowest BCUT2D eigenvalue weighted by Gasteiger charge is -2.15. The van der Waals surface area contributed by atoms with Gasteiger partial charge in [0.2, 0.25) is 0 Å². The Bertz CT molecular complexity index is 1480. The van der Waals surface area contributed by atoms with Gasteiger partial charge in [0.25, 0.3) is 5.56 Å². The van der Waals surface area contributed by atoms with E-state index in [4.69, 9.17) is 26.1 Å². The fourth-order valence-electron chi connectivity index (χ4n) is 3.58. The number of nitrogens with zero attached hydrogens (tertiary/aromatic N) is 3. The van der Waals surface area contributed by atoms with Crippen molar-refractivity contribution in [3.8, 4) is 11.5 Å². The zero-order chi connectivity index (χ0) is 25.8. The van der Waals surface area contributed by atoms with Gasteiger partial charge in [0, 0.05) is 15.4 Å². The minimum absolute atomic E-state index is 0.00253. The van der Waals surface area contributed by atoms with Crippen LogP contribution in [0.4, 0.5) is 0 Å². The number of rotatable bonds is 8. The SMILES string of the molecule is CCOc1cc(C=Nn2c(C(C)C)nc3ccc(Br)cc3c2=O)cc(Br)c1OCc1ccc(Cl)cc1. The highest BCUT2D eigenvalue weighted by Gasteiger charge is 2.15. The van der Waals surface area contributed by atoms with Gasteiger partial charge >= 0.3 is 0 Å². The lowest BCUT2D eigenvalue weighted by Crippen LogP contribution is -2.23. The van der Waals surface area contributed by atoms with Gasteiger partial charge in [-0.1, -0.05) is 53.5 Å². The van der Waals surface area contributed by atoms with Crippen LogP contribution in [0, 0.1) is 0 Å². The molecule has 9 heteroatoms. The van der Waals surface area contributed by atoms with Gasteiger partial charge < -0.3 is 9.47 Å². The van der Waals surface area contributed by atoms with Crippen LogP contribution in [0.2, 0.25) is 5.02 Å². The third kappa shape index (κ3) is 5.99. The summed E-state index contributed by atoms with van der Waals surface area (Å²) in [6.07, 6.45) is 1.62. The lowest BCUT2D eigenvalue weighted by atomic mass is 10.2. The summed E-state index contributed by atoms with van der Waals surface area (Å²) >= 11 is 13.0. The number of aromatic nitrogens is 2. The number of fused-ring (bicyclic) bond motifs is 1. The van der Waals surface area contributed by atoms with E-state index in [-0.39, 0.29) is 11.5 Å². The van der Waals surface area contributed by atoms with Crippen molar-refractivity contribution in [1.29, 1.82) is 0 Å². The maximum Gasteiger partial charge on any atom is 0.282 e. The summed E-state index contributed by atoms with van der Waals surface area (Å²) in [6, 6.07) is 16.6. The topological polar surface area (TPSA) is 65.7 Å². The van der Waals surface area contributed by atoms with E-state index in [0.29, 0.717) is 50.9 Å². The molecule has 0 saturated heterocycles. The van der Waals surface area contributed by atoms with Crippen molar-refractivity contribution < 1.29 is 9.47 Å². The first kappa shape index (κ1) is 26.4. The Morgan fingerprint density at radius 2 is 1.83 bits per heavy atom. The predicted octanol–water partition coefficient (Wildman–Crippen LogP) is 7.56. The largest absolute Gasteiger partial charge is 0.490 e. The molecule has 6 nitrogen and oxygen atoms in total. The predicted molar refractivity (Wildman–Crippen MR) is 152 cm³/mol. The molecule has 36 heavy (non-hydrogen) atoms. The fourth-order valence-corrected chi connectivity index (χ4v) is 4.64. The van der Waals surface area contributed by atoms with E-state index in [1.54, 1.807) is 12.3 Å². The Morgan fingerprint density at radius 3 is 2.53 bits per heavy atom. The first-order chi connectivity index (χ1) is 17.3. The summed E-state index contributed by atoms with van der Waals surface area (Å²) in [5.74, 6) is 1.73. The monoisotopic (exact) mass is 631 g/mol. The van der Waals surface area contributed by atoms with E-state index < -0.39 is 0 Å². The van der Waals surface area contributed by atoms with Crippen LogP contribution in [0.3, 0.4) is 0 Å². The molecular weight excluding hydrogens is 610 g/mol. The van der Waals surface area contributed by atoms with Gasteiger partial charge in [-0.25, -0.2) is 4.98 Å². The summed E-state index contributed by atoms with van der Waals surface area (Å²) in [5.41, 5.74) is 2.13. The van der Waals surface area contributed by atoms with Crippen molar-refractivity contribution in [2.24, 2.45) is 5.10 Å². The molecule has 0 aliphatic rings. The highest BCUT2D eigenvalue weighted by atomic mass is 79.9. The van der Waals surface area contributed by atoms with Crippen molar-refractivity contribution in [2.45, 2.75) is 33.3 Å². The molecule has 3 aromatic carbocycles. The second-order valence-electron chi connectivity index (χ2n) is 8.33. The maximum absolute atomic E-state index is 13.3. The highest BCUT2D eigenvalue weighted by Crippen LogP contribution is 2.37. The number of benzene rings is 3. The van der Waals surface area contributed by atoms with Gasteiger partial charge in [0.05, 0.1) is 28.2 Å². The Kier molecular flexibility index (Phi) is 8.49. The lowest BCUT2D eigenvalue weighted by molar-refractivity contribution is 0.267. The van der Waals surface area contributed by atoms with Crippen LogP contribution in [0.25, 0.3) is 10.9 Å². The molecule has 186 valence electrons. The van der Waals surface area contributed by atoms with Crippen LogP contribution in [0.15, 0.2) is 73.4 Å². The molecule has 1 heterocycles. The minimum Gasteiger partial charge on any atom is -0.490 e. The molecule has 4 rings (SSSR count). The minimum atomic E-state index is -0.228. The van der Waals surface area contributed by atoms with E-state index in [1.807, 2.05) is 69.3 Å². The second-order valence-corrected chi connectivity index (χ2v) is 10.5. The van der Waals surface area contributed by atoms with E-state index in [0.717, 1.165) is 15.6 Å². The van der Waals surface area contributed by atoms with Crippen LogP contribution in [0.5, 0.6) is 11.5 Å². The van der Waals surface area contributed by atoms with E-state index in [9.17, 15) is 4.79 Å². The van der Waals surface area contributed by atoms with Crippen LogP contribution in [-0.4, -0.2) is 22.5 Å². The zero-order valence-electron chi connectivity index (χ0n) is 20.0. The summed E-state index contributed by atoms with van der Waals surface area (Å²) in [6.45, 7) is 6.69. The molecule has 0 unspecified atom stereocenters. The second kappa shape index (κ2) is 11.6. The average Bonchev–Trinajstić information content (AvgIpc) is 2.84. The number of halogens is 3. The Hall–Kier alpha value is -2.68. The summed E-state index contributed by atoms with van der Waals surface area (Å²) in [5, 5.41) is 5.69. The standard InChI is InChI=1S/C27H24Br2ClN3O3/c1-4-35-24-12-18(11-22(29)25(24)36-15-17-5-8-20(30)9-6-17)14-31-33-26(16(2)3)32-23-10-7-19(28)13-21(23)27(33)34/h5-14,16H,4,15H2,1-3H3. The van der Waals surface area contributed by atoms with Gasteiger partial charge in [-0.15, -0.1) is 0 Å². The summed E-state index contributed by atoms with van der Waals surface area (Å²) in [4.78, 5) is 18.0. The average molecular weight is 634 g/mol. The van der Waals surface area contributed by atoms with Crippen LogP contribution >= 0.6 is 43.5 Å². The molecule has 1 aromatic heterocycles. The number of hydrogen-bond acceptors (Lipinski definition) is 5. The van der Waals surface area contributed by atoms with Crippen LogP contribution < -0.4 is 15.0 Å². The first-order valence-corrected chi connectivity index (χ1v) is 13.3. The molecule has 0 spiro atoms. The van der Waals surface area contributed by atoms with Gasteiger partial charge in [-0.05, 0) is 76.4 Å². The van der Waals surface area contributed by atoms with Gasteiger partial charge in [-0.3, -0.25) is 4.79 Å². The Labute approximate surface area is 231 Å². The van der Waals surface area contributed by atoms with E-state index in [1.165, 1.54) is 4.68 Å². The van der Waals surface area contributed by atoms with Gasteiger partial charge in [0.15, 0.2) is 11.5 Å². The Morgan fingerprint density at radius 1 is 1.08 bits per heavy atom. The molecule has 0 aliphatic heterocycles. The summed E-state index contributed by atoms with van der Waals surface area (Å²) < 4.78 is 14.8. The molecule has 0 N–H and O–H groups in total. The first-order valence-electron chi connectivity index (χ1n) is 11.4. The van der Waals surface area contributed by atoms with Gasteiger partial charge in [0.1, 0.15) is 12.4 Å². The van der Waals surface area contributed by atoms with E-state index in [2.05, 4.69) is 37.0 Å². The maximum atomic E-state index is 13.3. The third-order valence-corrected chi connectivity index (χ3v) is 6.63. The third-order valence-electron chi connectivity index (χ3n) is 5.30. The van der Waals surface area contributed by atoms with Crippen molar-refractivity contribution in [3.05, 3.63) is 95.9 Å². The molecule has 0 bridgehead atoms. The number of hydrogen-bond donors (Lipinski definition) is 0. The van der Waals surface area contributed by atoms with Crippen LogP contribution in [0.1, 0.15) is 43.6 Å². The van der Waals surface area contributed by atoms with Gasteiger partial charge in [-0.2, -0.15) is 9.78 Å². The van der Waals surface area contributed by atoms with Crippen molar-refractivity contribution in [3.63, 3.8) is 0 Å². The molecule has 0 amide bonds. The molecule has 0 fully saturated rings. The zero-order valence-corrected chi connectivity index (χ0v) is 23.9. The number of ether oxygens (including phenoxy) is 2. The molecule has 0 atom stereocenters. The van der Waals surface area contributed by atoms with E-state index >= 15 is 0 Å². The smallest absolute Gasteiger partial charge is 0.282 e. The molecule has 0 saturated carbocycles. The molecule has 0 aliphatic carbocycles. The highest BCUT2D eigenvalue weighted by molar-refractivity contribution is 9.10. The molecule has 4 aromatic rings. The summed E-state index contributed by atoms with van der Waals surface area (Å²) in [7, 11) is 0. The quantitative estimate of drug-likeness (QED) is 0.188. The van der Waals surface area contributed by atoms with Crippen molar-refractivity contribution in [1.82, 2.24) is 9.66 Å². The molecular formula is C27H24Br2ClN3O3. The van der Waals surface area contributed by atoms with Crippen molar-refractivity contribution >= 4 is 60.6 Å². The Balaban J connectivity index is 1.69. The molecule has 0 radical (unpaired) electrons. The fraction of sp³-hybridized carbons (Fsp3) is 0.222.